The Bertz CT molecular complexity index is 519. The lowest BCUT2D eigenvalue weighted by molar-refractivity contribution is -0.703. The quantitative estimate of drug-likeness (QED) is 0.101. The van der Waals surface area contributed by atoms with E-state index in [2.05, 4.69) is 42.3 Å². The molecule has 2 nitrogen and oxygen atoms in total. The third-order valence-electron chi connectivity index (χ3n) is 7.31. The average Bonchev–Trinajstić information content (AvgIpc) is 3.20. The first kappa shape index (κ1) is 30.2. The number of aromatic nitrogens is 2. The number of unbranched alkanes of at least 4 members (excludes halogenated alkanes) is 19. The SMILES string of the molecule is CCCCCCCCCCCCCn1cc[n+](CCC)c1CCCCCCCCCCCC. The monoisotopic (exact) mass is 461 g/mol. The van der Waals surface area contributed by atoms with Gasteiger partial charge in [-0.2, -0.15) is 0 Å². The van der Waals surface area contributed by atoms with Gasteiger partial charge in [0.1, 0.15) is 12.4 Å². The second kappa shape index (κ2) is 23.0. The van der Waals surface area contributed by atoms with Crippen molar-refractivity contribution in [1.29, 1.82) is 0 Å². The molecular formula is C31H61N2+. The van der Waals surface area contributed by atoms with E-state index >= 15 is 0 Å². The Hall–Kier alpha value is -0.790. The zero-order chi connectivity index (χ0) is 23.8. The molecule has 33 heavy (non-hydrogen) atoms. The number of nitrogens with zero attached hydrogens (tertiary/aromatic N) is 2. The standard InChI is InChI=1S/C31H61N2/c1-4-7-9-11-13-15-17-19-21-23-25-28-33-30-29-32(27-6-3)31(33)26-24-22-20-18-16-14-12-10-8-5-2/h29-30H,4-28H2,1-3H3/q+1. The van der Waals surface area contributed by atoms with Gasteiger partial charge in [-0.1, -0.05) is 136 Å². The molecule has 0 aliphatic heterocycles. The molecule has 0 radical (unpaired) electrons. The molecule has 2 heteroatoms. The third kappa shape index (κ3) is 16.5. The molecule has 0 saturated carbocycles. The van der Waals surface area contributed by atoms with Crippen molar-refractivity contribution in [1.82, 2.24) is 4.57 Å². The molecule has 194 valence electrons. The van der Waals surface area contributed by atoms with Crippen LogP contribution in [0.15, 0.2) is 12.4 Å². The summed E-state index contributed by atoms with van der Waals surface area (Å²) in [5.74, 6) is 1.59. The normalized spacial score (nSPS) is 11.5. The Labute approximate surface area is 208 Å². The highest BCUT2D eigenvalue weighted by Gasteiger charge is 2.15. The van der Waals surface area contributed by atoms with Crippen LogP contribution in [0.1, 0.15) is 168 Å². The van der Waals surface area contributed by atoms with Crippen LogP contribution in [0.5, 0.6) is 0 Å². The van der Waals surface area contributed by atoms with E-state index in [0.29, 0.717) is 0 Å². The second-order valence-electron chi connectivity index (χ2n) is 10.6. The van der Waals surface area contributed by atoms with E-state index in [0.717, 1.165) is 0 Å². The molecule has 0 N–H and O–H groups in total. The van der Waals surface area contributed by atoms with Gasteiger partial charge in [-0.3, -0.25) is 0 Å². The van der Waals surface area contributed by atoms with Crippen LogP contribution >= 0.6 is 0 Å². The van der Waals surface area contributed by atoms with Crippen molar-refractivity contribution in [3.05, 3.63) is 18.2 Å². The summed E-state index contributed by atoms with van der Waals surface area (Å²) in [6.45, 7) is 9.31. The first-order valence-corrected chi connectivity index (χ1v) is 15.4. The summed E-state index contributed by atoms with van der Waals surface area (Å²) >= 11 is 0. The van der Waals surface area contributed by atoms with Crippen molar-refractivity contribution in [2.24, 2.45) is 0 Å². The molecule has 1 aromatic heterocycles. The maximum atomic E-state index is 2.58. The summed E-state index contributed by atoms with van der Waals surface area (Å²) < 4.78 is 5.11. The Morgan fingerprint density at radius 1 is 0.515 bits per heavy atom. The lowest BCUT2D eigenvalue weighted by Gasteiger charge is -2.06. The highest BCUT2D eigenvalue weighted by atomic mass is 15.1. The third-order valence-corrected chi connectivity index (χ3v) is 7.31. The van der Waals surface area contributed by atoms with Gasteiger partial charge in [0.2, 0.25) is 0 Å². The van der Waals surface area contributed by atoms with Crippen LogP contribution in [-0.4, -0.2) is 4.57 Å². The van der Waals surface area contributed by atoms with Gasteiger partial charge in [-0.15, -0.1) is 0 Å². The van der Waals surface area contributed by atoms with Crippen molar-refractivity contribution >= 4 is 0 Å². The average molecular weight is 462 g/mol. The summed E-state index contributed by atoms with van der Waals surface area (Å²) in [7, 11) is 0. The molecular weight excluding hydrogens is 400 g/mol. The van der Waals surface area contributed by atoms with Gasteiger partial charge in [-0.25, -0.2) is 9.13 Å². The van der Waals surface area contributed by atoms with Crippen molar-refractivity contribution in [2.75, 3.05) is 0 Å². The highest BCUT2D eigenvalue weighted by Crippen LogP contribution is 2.14. The maximum absolute atomic E-state index is 2.58. The second-order valence-corrected chi connectivity index (χ2v) is 10.6. The Balaban J connectivity index is 2.14. The fourth-order valence-corrected chi connectivity index (χ4v) is 5.15. The van der Waals surface area contributed by atoms with Crippen molar-refractivity contribution in [3.8, 4) is 0 Å². The van der Waals surface area contributed by atoms with Crippen molar-refractivity contribution < 1.29 is 4.57 Å². The van der Waals surface area contributed by atoms with E-state index in [9.17, 15) is 0 Å². The summed E-state index contributed by atoms with van der Waals surface area (Å²) in [5, 5.41) is 0. The van der Waals surface area contributed by atoms with E-state index in [1.165, 1.54) is 161 Å². The van der Waals surface area contributed by atoms with Crippen LogP contribution < -0.4 is 4.57 Å². The highest BCUT2D eigenvalue weighted by molar-refractivity contribution is 4.84. The van der Waals surface area contributed by atoms with Gasteiger partial charge in [-0.05, 0) is 25.7 Å². The van der Waals surface area contributed by atoms with Gasteiger partial charge in [0.25, 0.3) is 5.82 Å². The van der Waals surface area contributed by atoms with Gasteiger partial charge in [0.15, 0.2) is 0 Å². The van der Waals surface area contributed by atoms with E-state index in [1.807, 2.05) is 0 Å². The predicted molar refractivity (Wildman–Crippen MR) is 147 cm³/mol. The van der Waals surface area contributed by atoms with Crippen LogP contribution in [0.3, 0.4) is 0 Å². The minimum Gasteiger partial charge on any atom is -0.234 e. The smallest absolute Gasteiger partial charge is 0.234 e. The molecule has 0 unspecified atom stereocenters. The molecule has 1 rings (SSSR count). The van der Waals surface area contributed by atoms with Gasteiger partial charge >= 0.3 is 0 Å². The molecule has 0 bridgehead atoms. The number of imidazole rings is 1. The van der Waals surface area contributed by atoms with Crippen LogP contribution in [0.2, 0.25) is 0 Å². The fourth-order valence-electron chi connectivity index (χ4n) is 5.15. The lowest BCUT2D eigenvalue weighted by Crippen LogP contribution is -2.37. The van der Waals surface area contributed by atoms with Crippen molar-refractivity contribution in [2.45, 2.75) is 182 Å². The first-order valence-electron chi connectivity index (χ1n) is 15.4. The molecule has 1 aromatic rings. The molecule has 0 amide bonds. The Morgan fingerprint density at radius 2 is 0.939 bits per heavy atom. The first-order chi connectivity index (χ1) is 16.3. The van der Waals surface area contributed by atoms with Crippen molar-refractivity contribution in [3.63, 3.8) is 0 Å². The Kier molecular flexibility index (Phi) is 21.1. The molecule has 0 aliphatic rings. The summed E-state index contributed by atoms with van der Waals surface area (Å²) in [5.41, 5.74) is 0. The van der Waals surface area contributed by atoms with Gasteiger partial charge < -0.3 is 0 Å². The fraction of sp³-hybridized carbons (Fsp3) is 0.903. The summed E-state index contributed by atoms with van der Waals surface area (Å²) in [6.07, 6.45) is 37.2. The largest absolute Gasteiger partial charge is 0.256 e. The predicted octanol–water partition coefficient (Wildman–Crippen LogP) is 9.96. The summed E-state index contributed by atoms with van der Waals surface area (Å²) in [4.78, 5) is 0. The Morgan fingerprint density at radius 3 is 1.39 bits per heavy atom. The molecule has 0 saturated heterocycles. The molecule has 0 aromatic carbocycles. The summed E-state index contributed by atoms with van der Waals surface area (Å²) in [6, 6.07) is 0. The minimum atomic E-state index is 1.18. The van der Waals surface area contributed by atoms with Gasteiger partial charge in [0, 0.05) is 6.42 Å². The number of hydrogen-bond acceptors (Lipinski definition) is 0. The molecule has 0 aliphatic carbocycles. The van der Waals surface area contributed by atoms with Gasteiger partial charge in [0.05, 0.1) is 13.1 Å². The zero-order valence-corrected chi connectivity index (χ0v) is 23.2. The molecule has 1 heterocycles. The van der Waals surface area contributed by atoms with E-state index in [4.69, 9.17) is 0 Å². The maximum Gasteiger partial charge on any atom is 0.256 e. The topological polar surface area (TPSA) is 8.81 Å². The molecule has 0 fully saturated rings. The van der Waals surface area contributed by atoms with E-state index < -0.39 is 0 Å². The van der Waals surface area contributed by atoms with Crippen LogP contribution in [0.4, 0.5) is 0 Å². The lowest BCUT2D eigenvalue weighted by atomic mass is 10.1. The number of hydrogen-bond donors (Lipinski definition) is 0. The van der Waals surface area contributed by atoms with Crippen LogP contribution in [0.25, 0.3) is 0 Å². The van der Waals surface area contributed by atoms with E-state index in [-0.39, 0.29) is 0 Å². The van der Waals surface area contributed by atoms with E-state index in [1.54, 1.807) is 5.82 Å². The molecule has 0 atom stereocenters. The zero-order valence-electron chi connectivity index (χ0n) is 23.2. The molecule has 0 spiro atoms. The van der Waals surface area contributed by atoms with Crippen LogP contribution in [0, 0.1) is 0 Å². The number of aryl methyl sites for hydroxylation is 2. The minimum absolute atomic E-state index is 1.18. The van der Waals surface area contributed by atoms with Crippen LogP contribution in [-0.2, 0) is 19.5 Å². The number of rotatable bonds is 25.